The summed E-state index contributed by atoms with van der Waals surface area (Å²) in [5.41, 5.74) is 0. The fraction of sp³-hybridized carbons (Fsp3) is 1.00. The van der Waals surface area contributed by atoms with Crippen LogP contribution >= 0.6 is 0 Å². The van der Waals surface area contributed by atoms with E-state index in [2.05, 4.69) is 5.32 Å². The van der Waals surface area contributed by atoms with Gasteiger partial charge in [0.15, 0.2) is 0 Å². The van der Waals surface area contributed by atoms with E-state index >= 15 is 0 Å². The highest BCUT2D eigenvalue weighted by Crippen LogP contribution is 2.40. The van der Waals surface area contributed by atoms with E-state index in [4.69, 9.17) is 0 Å². The molecule has 0 saturated heterocycles. The SMILES string of the molecule is C[C@H](O)CN[C@@H]1CC[C@@H]2CCCC[C@@H]2C1. The Morgan fingerprint density at radius 1 is 1.13 bits per heavy atom. The molecule has 0 aromatic carbocycles. The second-order valence-electron chi connectivity index (χ2n) is 5.57. The van der Waals surface area contributed by atoms with Gasteiger partial charge in [-0.2, -0.15) is 0 Å². The Morgan fingerprint density at radius 3 is 2.60 bits per heavy atom. The number of rotatable bonds is 3. The summed E-state index contributed by atoms with van der Waals surface area (Å²) in [5, 5.41) is 12.8. The third-order valence-corrected chi connectivity index (χ3v) is 4.24. The van der Waals surface area contributed by atoms with Crippen LogP contribution in [-0.2, 0) is 0 Å². The van der Waals surface area contributed by atoms with Crippen LogP contribution in [0.3, 0.4) is 0 Å². The summed E-state index contributed by atoms with van der Waals surface area (Å²) in [6.45, 7) is 2.63. The van der Waals surface area contributed by atoms with Gasteiger partial charge in [-0.25, -0.2) is 0 Å². The molecule has 2 rings (SSSR count). The van der Waals surface area contributed by atoms with Gasteiger partial charge in [-0.3, -0.25) is 0 Å². The molecule has 0 bridgehead atoms. The quantitative estimate of drug-likeness (QED) is 0.751. The van der Waals surface area contributed by atoms with Crippen molar-refractivity contribution in [2.75, 3.05) is 6.54 Å². The maximum Gasteiger partial charge on any atom is 0.0636 e. The molecule has 4 atom stereocenters. The molecule has 2 heteroatoms. The van der Waals surface area contributed by atoms with E-state index in [0.29, 0.717) is 6.04 Å². The van der Waals surface area contributed by atoms with Crippen LogP contribution < -0.4 is 5.32 Å². The van der Waals surface area contributed by atoms with Gasteiger partial charge in [0.1, 0.15) is 0 Å². The first kappa shape index (κ1) is 11.4. The van der Waals surface area contributed by atoms with Crippen molar-refractivity contribution in [3.05, 3.63) is 0 Å². The van der Waals surface area contributed by atoms with Crippen LogP contribution in [0.4, 0.5) is 0 Å². The Hall–Kier alpha value is -0.0800. The second kappa shape index (κ2) is 5.31. The Bertz CT molecular complexity index is 193. The lowest BCUT2D eigenvalue weighted by atomic mass is 9.69. The number of nitrogens with one attached hydrogen (secondary N) is 1. The van der Waals surface area contributed by atoms with Gasteiger partial charge in [0.25, 0.3) is 0 Å². The Kier molecular flexibility index (Phi) is 4.04. The Morgan fingerprint density at radius 2 is 1.87 bits per heavy atom. The fourth-order valence-corrected chi connectivity index (χ4v) is 3.40. The highest BCUT2D eigenvalue weighted by atomic mass is 16.3. The van der Waals surface area contributed by atoms with Crippen molar-refractivity contribution in [2.24, 2.45) is 11.8 Å². The molecule has 0 aliphatic heterocycles. The molecule has 0 unspecified atom stereocenters. The first-order chi connectivity index (χ1) is 7.25. The molecule has 2 aliphatic carbocycles. The minimum atomic E-state index is -0.200. The number of hydrogen-bond acceptors (Lipinski definition) is 2. The zero-order chi connectivity index (χ0) is 10.7. The van der Waals surface area contributed by atoms with Crippen LogP contribution in [0.5, 0.6) is 0 Å². The molecule has 0 amide bonds. The minimum absolute atomic E-state index is 0.200. The lowest BCUT2D eigenvalue weighted by Gasteiger charge is -2.39. The molecule has 2 nitrogen and oxygen atoms in total. The molecule has 0 spiro atoms. The van der Waals surface area contributed by atoms with Crippen LogP contribution in [0.2, 0.25) is 0 Å². The van der Waals surface area contributed by atoms with Crippen LogP contribution in [0.25, 0.3) is 0 Å². The zero-order valence-corrected chi connectivity index (χ0v) is 9.91. The Balaban J connectivity index is 1.75. The van der Waals surface area contributed by atoms with E-state index in [-0.39, 0.29) is 6.10 Å². The van der Waals surface area contributed by atoms with E-state index in [1.807, 2.05) is 6.92 Å². The molecule has 0 radical (unpaired) electrons. The van der Waals surface area contributed by atoms with E-state index in [9.17, 15) is 5.11 Å². The van der Waals surface area contributed by atoms with Crippen molar-refractivity contribution >= 4 is 0 Å². The van der Waals surface area contributed by atoms with Gasteiger partial charge in [-0.05, 0) is 38.0 Å². The van der Waals surface area contributed by atoms with Gasteiger partial charge >= 0.3 is 0 Å². The maximum absolute atomic E-state index is 9.25. The summed E-state index contributed by atoms with van der Waals surface area (Å²) in [6.07, 6.45) is 9.75. The van der Waals surface area contributed by atoms with Gasteiger partial charge in [0, 0.05) is 12.6 Å². The molecule has 0 aromatic rings. The number of fused-ring (bicyclic) bond motifs is 1. The van der Waals surface area contributed by atoms with Gasteiger partial charge < -0.3 is 10.4 Å². The van der Waals surface area contributed by atoms with Crippen LogP contribution in [0.1, 0.15) is 51.9 Å². The molecule has 88 valence electrons. The zero-order valence-electron chi connectivity index (χ0n) is 9.91. The van der Waals surface area contributed by atoms with Crippen LogP contribution in [0, 0.1) is 11.8 Å². The van der Waals surface area contributed by atoms with Crippen LogP contribution in [-0.4, -0.2) is 23.8 Å². The van der Waals surface area contributed by atoms with E-state index < -0.39 is 0 Å². The molecule has 2 aliphatic rings. The number of hydrogen-bond donors (Lipinski definition) is 2. The average Bonchev–Trinajstić information content (AvgIpc) is 2.26. The first-order valence-corrected chi connectivity index (χ1v) is 6.67. The summed E-state index contributed by atoms with van der Waals surface area (Å²) < 4.78 is 0. The molecule has 15 heavy (non-hydrogen) atoms. The predicted molar refractivity (Wildman–Crippen MR) is 62.8 cm³/mol. The lowest BCUT2D eigenvalue weighted by molar-refractivity contribution is 0.130. The Labute approximate surface area is 93.5 Å². The topological polar surface area (TPSA) is 32.3 Å². The second-order valence-corrected chi connectivity index (χ2v) is 5.57. The molecule has 0 heterocycles. The van der Waals surface area contributed by atoms with Crippen molar-refractivity contribution in [1.82, 2.24) is 5.32 Å². The highest BCUT2D eigenvalue weighted by molar-refractivity contribution is 4.86. The third-order valence-electron chi connectivity index (χ3n) is 4.24. The van der Waals surface area contributed by atoms with Gasteiger partial charge in [-0.15, -0.1) is 0 Å². The first-order valence-electron chi connectivity index (χ1n) is 6.67. The fourth-order valence-electron chi connectivity index (χ4n) is 3.40. The van der Waals surface area contributed by atoms with Gasteiger partial charge in [0.2, 0.25) is 0 Å². The summed E-state index contributed by atoms with van der Waals surface area (Å²) in [5.74, 6) is 2.02. The molecule has 2 N–H and O–H groups in total. The largest absolute Gasteiger partial charge is 0.392 e. The highest BCUT2D eigenvalue weighted by Gasteiger charge is 2.31. The van der Waals surface area contributed by atoms with Crippen molar-refractivity contribution in [3.8, 4) is 0 Å². The van der Waals surface area contributed by atoms with Crippen molar-refractivity contribution in [3.63, 3.8) is 0 Å². The summed E-state index contributed by atoms with van der Waals surface area (Å²) >= 11 is 0. The minimum Gasteiger partial charge on any atom is -0.392 e. The predicted octanol–water partition coefficient (Wildman–Crippen LogP) is 2.32. The molecule has 0 aromatic heterocycles. The normalized spacial score (nSPS) is 38.4. The van der Waals surface area contributed by atoms with Crippen molar-refractivity contribution < 1.29 is 5.11 Å². The van der Waals surface area contributed by atoms with E-state index in [0.717, 1.165) is 18.4 Å². The van der Waals surface area contributed by atoms with Crippen LogP contribution in [0.15, 0.2) is 0 Å². The van der Waals surface area contributed by atoms with Crippen molar-refractivity contribution in [1.29, 1.82) is 0 Å². The van der Waals surface area contributed by atoms with E-state index in [1.54, 1.807) is 0 Å². The third kappa shape index (κ3) is 3.18. The molecular formula is C13H25NO. The smallest absolute Gasteiger partial charge is 0.0636 e. The monoisotopic (exact) mass is 211 g/mol. The number of aliphatic hydroxyl groups excluding tert-OH is 1. The number of aliphatic hydroxyl groups is 1. The van der Waals surface area contributed by atoms with Gasteiger partial charge in [-0.1, -0.05) is 25.7 Å². The standard InChI is InChI=1S/C13H25NO/c1-10(15)9-14-13-7-6-11-4-2-3-5-12(11)8-13/h10-15H,2-9H2,1H3/t10-,11-,12+,13+/m0/s1. The maximum atomic E-state index is 9.25. The lowest BCUT2D eigenvalue weighted by Crippen LogP contribution is -2.41. The van der Waals surface area contributed by atoms with Gasteiger partial charge in [0.05, 0.1) is 6.10 Å². The summed E-state index contributed by atoms with van der Waals surface area (Å²) in [4.78, 5) is 0. The van der Waals surface area contributed by atoms with Crippen molar-refractivity contribution in [2.45, 2.75) is 64.0 Å². The summed E-state index contributed by atoms with van der Waals surface area (Å²) in [6, 6.07) is 0.680. The summed E-state index contributed by atoms with van der Waals surface area (Å²) in [7, 11) is 0. The van der Waals surface area contributed by atoms with E-state index in [1.165, 1.54) is 44.9 Å². The molecule has 2 fully saturated rings. The average molecular weight is 211 g/mol. The molecule has 2 saturated carbocycles. The molecular weight excluding hydrogens is 186 g/mol.